The third-order valence-corrected chi connectivity index (χ3v) is 2.33. The van der Waals surface area contributed by atoms with E-state index >= 15 is 0 Å². The zero-order valence-corrected chi connectivity index (χ0v) is 8.30. The summed E-state index contributed by atoms with van der Waals surface area (Å²) in [6.07, 6.45) is 0. The van der Waals surface area contributed by atoms with Crippen molar-refractivity contribution in [2.45, 2.75) is 5.92 Å². The Morgan fingerprint density at radius 2 is 2.13 bits per heavy atom. The maximum atomic E-state index is 12.6. The van der Waals surface area contributed by atoms with Gasteiger partial charge in [-0.2, -0.15) is 0 Å². The molecule has 0 saturated carbocycles. The van der Waals surface area contributed by atoms with E-state index in [0.29, 0.717) is 5.69 Å². The minimum atomic E-state index is -2.65. The number of hydrazine groups is 1. The first-order valence-electron chi connectivity index (χ1n) is 4.14. The Hall–Kier alpha value is -1.21. The van der Waals surface area contributed by atoms with Crippen LogP contribution >= 0.6 is 11.6 Å². The van der Waals surface area contributed by atoms with Crippen LogP contribution in [0.25, 0.3) is 0 Å². The van der Waals surface area contributed by atoms with Crippen LogP contribution < -0.4 is 16.2 Å². The molecule has 2 heterocycles. The second-order valence-corrected chi connectivity index (χ2v) is 3.62. The molecule has 82 valence electrons. The Morgan fingerprint density at radius 3 is 2.67 bits per heavy atom. The second kappa shape index (κ2) is 3.42. The number of rotatable bonds is 2. The molecule has 0 atom stereocenters. The van der Waals surface area contributed by atoms with Gasteiger partial charge in [-0.15, -0.1) is 10.2 Å². The largest absolute Gasteiger partial charge is 0.357 e. The first kappa shape index (κ1) is 10.3. The van der Waals surface area contributed by atoms with E-state index in [9.17, 15) is 8.78 Å². The topological polar surface area (TPSA) is 67.1 Å². The van der Waals surface area contributed by atoms with Gasteiger partial charge in [-0.3, -0.25) is 0 Å². The number of hydrogen-bond acceptors (Lipinski definition) is 5. The van der Waals surface area contributed by atoms with Gasteiger partial charge < -0.3 is 10.3 Å². The lowest BCUT2D eigenvalue weighted by atomic mass is 10.1. The van der Waals surface area contributed by atoms with Gasteiger partial charge in [0, 0.05) is 6.07 Å². The van der Waals surface area contributed by atoms with Crippen LogP contribution in [-0.4, -0.2) is 29.2 Å². The molecule has 1 saturated heterocycles. The number of nitrogen functional groups attached to an aromatic ring is 1. The summed E-state index contributed by atoms with van der Waals surface area (Å²) >= 11 is 5.73. The highest BCUT2D eigenvalue weighted by molar-refractivity contribution is 6.32. The Kier molecular flexibility index (Phi) is 2.35. The molecule has 1 aromatic rings. The summed E-state index contributed by atoms with van der Waals surface area (Å²) in [4.78, 5) is 1.41. The lowest BCUT2D eigenvalue weighted by Gasteiger charge is -2.40. The summed E-state index contributed by atoms with van der Waals surface area (Å²) in [5, 5.41) is 7.28. The number of nitrogens with one attached hydrogen (secondary N) is 1. The summed E-state index contributed by atoms with van der Waals surface area (Å²) in [7, 11) is 0. The lowest BCUT2D eigenvalue weighted by molar-refractivity contribution is -0.0262. The van der Waals surface area contributed by atoms with Crippen LogP contribution in [0.4, 0.5) is 20.3 Å². The van der Waals surface area contributed by atoms with E-state index < -0.39 is 5.92 Å². The van der Waals surface area contributed by atoms with Crippen molar-refractivity contribution in [2.24, 2.45) is 5.84 Å². The fourth-order valence-electron chi connectivity index (χ4n) is 1.34. The van der Waals surface area contributed by atoms with Crippen LogP contribution in [0.3, 0.4) is 0 Å². The monoisotopic (exact) mass is 235 g/mol. The molecule has 2 rings (SSSR count). The van der Waals surface area contributed by atoms with Crippen LogP contribution in [-0.2, 0) is 0 Å². The molecular weight excluding hydrogens is 228 g/mol. The van der Waals surface area contributed by atoms with E-state index in [4.69, 9.17) is 17.4 Å². The van der Waals surface area contributed by atoms with E-state index in [0.717, 1.165) is 0 Å². The Balaban J connectivity index is 2.21. The van der Waals surface area contributed by atoms with Gasteiger partial charge in [0.05, 0.1) is 18.8 Å². The molecule has 1 aromatic heterocycles. The average molecular weight is 236 g/mol. The Bertz CT molecular complexity index is 378. The zero-order valence-electron chi connectivity index (χ0n) is 7.54. The fraction of sp³-hybridized carbons (Fsp3) is 0.429. The van der Waals surface area contributed by atoms with Crippen LogP contribution in [0.1, 0.15) is 0 Å². The standard InChI is InChI=1S/C7H8ClF2N5/c8-6-4(1-5(12-11)13-14-6)15-2-7(9,10)3-15/h1H,2-3,11H2,(H,12,13). The summed E-state index contributed by atoms with van der Waals surface area (Å²) in [5.41, 5.74) is 2.68. The van der Waals surface area contributed by atoms with Crippen LogP contribution in [0.2, 0.25) is 5.15 Å². The number of hydrogen-bond donors (Lipinski definition) is 2. The van der Waals surface area contributed by atoms with Gasteiger partial charge >= 0.3 is 0 Å². The summed E-state index contributed by atoms with van der Waals surface area (Å²) in [5.74, 6) is 2.75. The normalized spacial score (nSPS) is 18.5. The van der Waals surface area contributed by atoms with Gasteiger partial charge in [0.25, 0.3) is 5.92 Å². The highest BCUT2D eigenvalue weighted by atomic mass is 35.5. The van der Waals surface area contributed by atoms with E-state index in [-0.39, 0.29) is 24.1 Å². The average Bonchev–Trinajstić information content (AvgIpc) is 2.15. The molecule has 1 fully saturated rings. The molecule has 5 nitrogen and oxygen atoms in total. The SMILES string of the molecule is NNc1cc(N2CC(F)(F)C2)c(Cl)nn1. The molecule has 8 heteroatoms. The number of alkyl halides is 2. The maximum absolute atomic E-state index is 12.6. The quantitative estimate of drug-likeness (QED) is 0.588. The molecule has 0 bridgehead atoms. The van der Waals surface area contributed by atoms with Crippen molar-refractivity contribution in [1.29, 1.82) is 0 Å². The smallest absolute Gasteiger partial charge is 0.282 e. The molecule has 15 heavy (non-hydrogen) atoms. The van der Waals surface area contributed by atoms with E-state index in [2.05, 4.69) is 15.6 Å². The second-order valence-electron chi connectivity index (χ2n) is 3.26. The van der Waals surface area contributed by atoms with Crippen LogP contribution in [0, 0.1) is 0 Å². The highest BCUT2D eigenvalue weighted by Gasteiger charge is 2.44. The van der Waals surface area contributed by atoms with Crippen molar-refractivity contribution in [3.63, 3.8) is 0 Å². The van der Waals surface area contributed by atoms with Crippen molar-refractivity contribution in [3.8, 4) is 0 Å². The maximum Gasteiger partial charge on any atom is 0.282 e. The molecule has 0 aromatic carbocycles. The van der Waals surface area contributed by atoms with E-state index in [1.54, 1.807) is 0 Å². The summed E-state index contributed by atoms with van der Waals surface area (Å²) in [6, 6.07) is 1.48. The highest BCUT2D eigenvalue weighted by Crippen LogP contribution is 2.35. The first-order chi connectivity index (χ1) is 7.02. The van der Waals surface area contributed by atoms with Crippen molar-refractivity contribution in [2.75, 3.05) is 23.4 Å². The van der Waals surface area contributed by atoms with Gasteiger partial charge in [0.2, 0.25) is 0 Å². The fourth-order valence-corrected chi connectivity index (χ4v) is 1.55. The number of halogens is 3. The summed E-state index contributed by atoms with van der Waals surface area (Å²) < 4.78 is 25.3. The van der Waals surface area contributed by atoms with Crippen LogP contribution in [0.15, 0.2) is 6.07 Å². The predicted octanol–water partition coefficient (Wildman–Crippen LogP) is 0.871. The van der Waals surface area contributed by atoms with Crippen molar-refractivity contribution < 1.29 is 8.78 Å². The Labute approximate surface area is 89.2 Å². The van der Waals surface area contributed by atoms with Gasteiger partial charge in [0.1, 0.15) is 0 Å². The molecule has 0 amide bonds. The first-order valence-corrected chi connectivity index (χ1v) is 4.52. The number of nitrogens with two attached hydrogens (primary N) is 1. The van der Waals surface area contributed by atoms with E-state index in [1.165, 1.54) is 11.0 Å². The van der Waals surface area contributed by atoms with Gasteiger partial charge in [-0.1, -0.05) is 11.6 Å². The molecule has 3 N–H and O–H groups in total. The molecule has 0 spiro atoms. The number of aromatic nitrogens is 2. The minimum absolute atomic E-state index is 0.0875. The van der Waals surface area contributed by atoms with Gasteiger partial charge in [-0.05, 0) is 0 Å². The van der Waals surface area contributed by atoms with Crippen molar-refractivity contribution >= 4 is 23.1 Å². The molecule has 0 unspecified atom stereocenters. The summed E-state index contributed by atoms with van der Waals surface area (Å²) in [6.45, 7) is -0.717. The third kappa shape index (κ3) is 1.93. The number of nitrogens with zero attached hydrogens (tertiary/aromatic N) is 3. The van der Waals surface area contributed by atoms with Crippen molar-refractivity contribution in [1.82, 2.24) is 10.2 Å². The van der Waals surface area contributed by atoms with Gasteiger partial charge in [-0.25, -0.2) is 14.6 Å². The Morgan fingerprint density at radius 1 is 1.47 bits per heavy atom. The van der Waals surface area contributed by atoms with E-state index in [1.807, 2.05) is 0 Å². The van der Waals surface area contributed by atoms with Crippen molar-refractivity contribution in [3.05, 3.63) is 11.2 Å². The molecule has 0 aliphatic carbocycles. The zero-order chi connectivity index (χ0) is 11.1. The predicted molar refractivity (Wildman–Crippen MR) is 52.0 cm³/mol. The molecule has 1 aliphatic heterocycles. The molecule has 1 aliphatic rings. The molecular formula is C7H8ClF2N5. The minimum Gasteiger partial charge on any atom is -0.357 e. The van der Waals surface area contributed by atoms with Crippen LogP contribution in [0.5, 0.6) is 0 Å². The number of anilines is 2. The lowest BCUT2D eigenvalue weighted by Crippen LogP contribution is -2.56. The molecule has 0 radical (unpaired) electrons. The third-order valence-electron chi connectivity index (χ3n) is 2.06. The van der Waals surface area contributed by atoms with Gasteiger partial charge in [0.15, 0.2) is 11.0 Å².